The maximum absolute atomic E-state index is 12.9. The molecule has 0 unspecified atom stereocenters. The highest BCUT2D eigenvalue weighted by Gasteiger charge is 2.48. The highest BCUT2D eigenvalue weighted by Crippen LogP contribution is 2.57. The van der Waals surface area contributed by atoms with E-state index in [0.29, 0.717) is 19.4 Å². The molecule has 6 rings (SSSR count). The predicted molar refractivity (Wildman–Crippen MR) is 192 cm³/mol. The van der Waals surface area contributed by atoms with Crippen molar-refractivity contribution in [1.29, 1.82) is 0 Å². The van der Waals surface area contributed by atoms with Gasteiger partial charge in [0.1, 0.15) is 18.1 Å². The largest absolute Gasteiger partial charge is 0.496 e. The van der Waals surface area contributed by atoms with Gasteiger partial charge >= 0.3 is 0 Å². The molecular weight excluding hydrogens is 585 g/mol. The average Bonchev–Trinajstić information content (AvgIpc) is 3.00. The lowest BCUT2D eigenvalue weighted by molar-refractivity contribution is -0.0909. The molecule has 0 heterocycles. The summed E-state index contributed by atoms with van der Waals surface area (Å²) in [4.78, 5) is 2.26. The van der Waals surface area contributed by atoms with E-state index >= 15 is 0 Å². The van der Waals surface area contributed by atoms with Crippen LogP contribution in [0.5, 0.6) is 11.5 Å². The molecule has 1 fully saturated rings. The zero-order chi connectivity index (χ0) is 32.7. The SMILES string of the molecule is COc1cc2c(OCc3ccccc3)cc(C3(O)CC(C)(C)CC(C)(C)C3)c(-c3ccccc3)c2cc1Sc1c(C)cccc1C. The van der Waals surface area contributed by atoms with E-state index in [1.165, 1.54) is 16.0 Å². The van der Waals surface area contributed by atoms with Crippen LogP contribution in [0.25, 0.3) is 21.9 Å². The van der Waals surface area contributed by atoms with Gasteiger partial charge in [-0.15, -0.1) is 0 Å². The molecule has 4 heteroatoms. The Morgan fingerprint density at radius 2 is 1.30 bits per heavy atom. The van der Waals surface area contributed by atoms with Gasteiger partial charge in [-0.25, -0.2) is 0 Å². The van der Waals surface area contributed by atoms with E-state index in [4.69, 9.17) is 9.47 Å². The molecule has 0 bridgehead atoms. The summed E-state index contributed by atoms with van der Waals surface area (Å²) in [7, 11) is 1.74. The average molecular weight is 631 g/mol. The number of hydrogen-bond acceptors (Lipinski definition) is 4. The fourth-order valence-electron chi connectivity index (χ4n) is 8.10. The Morgan fingerprint density at radius 1 is 0.696 bits per heavy atom. The van der Waals surface area contributed by atoms with Crippen LogP contribution in [0.15, 0.2) is 107 Å². The Balaban J connectivity index is 1.65. The standard InChI is InChI=1S/C42H46O3S/c1-28-15-14-16-29(2)39(28)46-37-22-33-32(21-36(37)44-7)35(45-24-30-17-10-8-11-18-30)23-34(38(33)31-19-12-9-13-20-31)42(43)26-40(3,4)25-41(5,6)27-42/h8-23,43H,24-27H2,1-7H3. The van der Waals surface area contributed by atoms with Crippen molar-refractivity contribution >= 4 is 22.5 Å². The Kier molecular flexibility index (Phi) is 8.73. The van der Waals surface area contributed by atoms with Crippen molar-refractivity contribution in [3.8, 4) is 22.6 Å². The van der Waals surface area contributed by atoms with Crippen LogP contribution < -0.4 is 9.47 Å². The quantitative estimate of drug-likeness (QED) is 0.185. The van der Waals surface area contributed by atoms with Gasteiger partial charge in [0.05, 0.1) is 17.6 Å². The minimum absolute atomic E-state index is 0.0340. The van der Waals surface area contributed by atoms with E-state index in [0.717, 1.165) is 55.8 Å². The summed E-state index contributed by atoms with van der Waals surface area (Å²) in [5.74, 6) is 1.56. The Bertz CT molecular complexity index is 1820. The molecule has 0 radical (unpaired) electrons. The minimum Gasteiger partial charge on any atom is -0.496 e. The smallest absolute Gasteiger partial charge is 0.133 e. The van der Waals surface area contributed by atoms with Gasteiger partial charge in [-0.1, -0.05) is 118 Å². The van der Waals surface area contributed by atoms with Gasteiger partial charge in [-0.3, -0.25) is 0 Å². The normalized spacial score (nSPS) is 16.7. The summed E-state index contributed by atoms with van der Waals surface area (Å²) in [5.41, 5.74) is 5.52. The maximum atomic E-state index is 12.9. The van der Waals surface area contributed by atoms with Gasteiger partial charge in [0, 0.05) is 10.3 Å². The van der Waals surface area contributed by atoms with Crippen molar-refractivity contribution in [2.75, 3.05) is 7.11 Å². The van der Waals surface area contributed by atoms with E-state index < -0.39 is 5.60 Å². The second kappa shape index (κ2) is 12.5. The van der Waals surface area contributed by atoms with Gasteiger partial charge in [0.2, 0.25) is 0 Å². The summed E-state index contributed by atoms with van der Waals surface area (Å²) >= 11 is 1.74. The molecule has 1 aliphatic carbocycles. The molecule has 1 aliphatic rings. The Hall–Kier alpha value is -3.73. The second-order valence-electron chi connectivity index (χ2n) is 14.7. The number of rotatable bonds is 8. The third-order valence-electron chi connectivity index (χ3n) is 9.30. The Morgan fingerprint density at radius 3 is 1.91 bits per heavy atom. The highest BCUT2D eigenvalue weighted by molar-refractivity contribution is 7.99. The van der Waals surface area contributed by atoms with Crippen molar-refractivity contribution < 1.29 is 14.6 Å². The number of hydrogen-bond donors (Lipinski definition) is 1. The molecule has 5 aromatic rings. The molecule has 1 saturated carbocycles. The molecule has 0 amide bonds. The van der Waals surface area contributed by atoms with Crippen molar-refractivity contribution in [2.24, 2.45) is 10.8 Å². The molecule has 0 aromatic heterocycles. The summed E-state index contributed by atoms with van der Waals surface area (Å²) in [6.07, 6.45) is 2.40. The third-order valence-corrected chi connectivity index (χ3v) is 10.7. The fraction of sp³-hybridized carbons (Fsp3) is 0.333. The summed E-state index contributed by atoms with van der Waals surface area (Å²) in [6.45, 7) is 13.9. The monoisotopic (exact) mass is 630 g/mol. The van der Waals surface area contributed by atoms with Gasteiger partial charge in [0.25, 0.3) is 0 Å². The minimum atomic E-state index is -1.05. The van der Waals surface area contributed by atoms with E-state index in [1.807, 2.05) is 18.2 Å². The highest BCUT2D eigenvalue weighted by atomic mass is 32.2. The third kappa shape index (κ3) is 6.56. The Labute approximate surface area is 279 Å². The van der Waals surface area contributed by atoms with E-state index in [1.54, 1.807) is 18.9 Å². The molecule has 238 valence electrons. The predicted octanol–water partition coefficient (Wildman–Crippen LogP) is 11.3. The summed E-state index contributed by atoms with van der Waals surface area (Å²) in [5, 5.41) is 14.9. The number of aryl methyl sites for hydroxylation is 2. The number of aliphatic hydroxyl groups is 1. The van der Waals surface area contributed by atoms with Gasteiger partial charge in [-0.05, 0) is 101 Å². The molecule has 3 nitrogen and oxygen atoms in total. The molecule has 0 atom stereocenters. The van der Waals surface area contributed by atoms with Crippen molar-refractivity contribution in [1.82, 2.24) is 0 Å². The van der Waals surface area contributed by atoms with E-state index in [2.05, 4.69) is 120 Å². The zero-order valence-corrected chi connectivity index (χ0v) is 29.1. The first-order valence-electron chi connectivity index (χ1n) is 16.3. The lowest BCUT2D eigenvalue weighted by Gasteiger charge is -2.50. The maximum Gasteiger partial charge on any atom is 0.133 e. The van der Waals surface area contributed by atoms with Gasteiger partial charge in [-0.2, -0.15) is 0 Å². The number of fused-ring (bicyclic) bond motifs is 1. The number of benzene rings is 5. The van der Waals surface area contributed by atoms with Gasteiger partial charge in [0.15, 0.2) is 0 Å². The molecule has 0 aliphatic heterocycles. The lowest BCUT2D eigenvalue weighted by Crippen LogP contribution is -2.44. The zero-order valence-electron chi connectivity index (χ0n) is 28.2. The first-order chi connectivity index (χ1) is 21.9. The van der Waals surface area contributed by atoms with Crippen LogP contribution in [-0.2, 0) is 12.2 Å². The van der Waals surface area contributed by atoms with E-state index in [-0.39, 0.29) is 10.8 Å². The first-order valence-corrected chi connectivity index (χ1v) is 17.1. The van der Waals surface area contributed by atoms with Crippen LogP contribution in [0, 0.1) is 24.7 Å². The number of ether oxygens (including phenoxy) is 2. The lowest BCUT2D eigenvalue weighted by atomic mass is 9.57. The molecule has 0 saturated heterocycles. The van der Waals surface area contributed by atoms with Crippen LogP contribution in [0.2, 0.25) is 0 Å². The molecule has 1 N–H and O–H groups in total. The van der Waals surface area contributed by atoms with Crippen LogP contribution in [0.3, 0.4) is 0 Å². The summed E-state index contributed by atoms with van der Waals surface area (Å²) < 4.78 is 12.8. The second-order valence-corrected chi connectivity index (χ2v) is 15.8. The van der Waals surface area contributed by atoms with Gasteiger partial charge < -0.3 is 14.6 Å². The van der Waals surface area contributed by atoms with Crippen molar-refractivity contribution in [3.05, 3.63) is 119 Å². The van der Waals surface area contributed by atoms with Crippen molar-refractivity contribution in [2.45, 2.75) is 82.8 Å². The molecule has 5 aromatic carbocycles. The molecular formula is C42H46O3S. The van der Waals surface area contributed by atoms with Crippen LogP contribution >= 0.6 is 11.8 Å². The first kappa shape index (κ1) is 32.2. The molecule has 0 spiro atoms. The van der Waals surface area contributed by atoms with Crippen LogP contribution in [0.1, 0.15) is 69.2 Å². The number of methoxy groups -OCH3 is 1. The van der Waals surface area contributed by atoms with Crippen LogP contribution in [0.4, 0.5) is 0 Å². The van der Waals surface area contributed by atoms with Crippen LogP contribution in [-0.4, -0.2) is 12.2 Å². The topological polar surface area (TPSA) is 38.7 Å². The summed E-state index contributed by atoms with van der Waals surface area (Å²) in [6, 6.07) is 33.7. The fourth-order valence-corrected chi connectivity index (χ4v) is 9.20. The molecule has 46 heavy (non-hydrogen) atoms. The van der Waals surface area contributed by atoms with Crippen molar-refractivity contribution in [3.63, 3.8) is 0 Å². The van der Waals surface area contributed by atoms with E-state index in [9.17, 15) is 5.11 Å².